The molecule has 0 aromatic carbocycles. The third kappa shape index (κ3) is 3.02. The lowest BCUT2D eigenvalue weighted by atomic mass is 9.99. The predicted octanol–water partition coefficient (Wildman–Crippen LogP) is 1.46. The monoisotopic (exact) mass is 294 g/mol. The number of aromatic nitrogens is 1. The van der Waals surface area contributed by atoms with E-state index in [2.05, 4.69) is 27.4 Å². The van der Waals surface area contributed by atoms with Gasteiger partial charge in [0.05, 0.1) is 11.6 Å². The first-order chi connectivity index (χ1) is 9.76. The van der Waals surface area contributed by atoms with Crippen molar-refractivity contribution >= 4 is 22.4 Å². The van der Waals surface area contributed by atoms with Crippen LogP contribution in [0.5, 0.6) is 0 Å². The van der Waals surface area contributed by atoms with Crippen LogP contribution < -0.4 is 10.6 Å². The number of hydrogen-bond donors (Lipinski definition) is 2. The number of fused-ring (bicyclic) bond motifs is 1. The van der Waals surface area contributed by atoms with E-state index in [0.29, 0.717) is 0 Å². The van der Waals surface area contributed by atoms with Gasteiger partial charge in [-0.3, -0.25) is 9.69 Å². The van der Waals surface area contributed by atoms with E-state index >= 15 is 0 Å². The Kier molecular flexibility index (Phi) is 4.33. The van der Waals surface area contributed by atoms with Gasteiger partial charge in [0.2, 0.25) is 5.91 Å². The van der Waals surface area contributed by atoms with Crippen molar-refractivity contribution < 1.29 is 4.79 Å². The molecule has 6 heteroatoms. The average Bonchev–Trinajstić information content (AvgIpc) is 2.89. The van der Waals surface area contributed by atoms with Crippen molar-refractivity contribution in [1.82, 2.24) is 15.2 Å². The smallest absolute Gasteiger partial charge is 0.230 e. The Labute approximate surface area is 123 Å². The van der Waals surface area contributed by atoms with Gasteiger partial charge in [0.25, 0.3) is 0 Å². The summed E-state index contributed by atoms with van der Waals surface area (Å²) in [5, 5.41) is 7.07. The first-order valence-corrected chi connectivity index (χ1v) is 8.30. The second-order valence-electron chi connectivity index (χ2n) is 5.54. The normalized spacial score (nSPS) is 23.4. The maximum absolute atomic E-state index is 12.2. The number of anilines is 1. The van der Waals surface area contributed by atoms with Gasteiger partial charge in [-0.25, -0.2) is 4.98 Å². The molecule has 5 nitrogen and oxygen atoms in total. The van der Waals surface area contributed by atoms with Gasteiger partial charge in [0.15, 0.2) is 5.13 Å². The van der Waals surface area contributed by atoms with Gasteiger partial charge in [-0.2, -0.15) is 0 Å². The lowest BCUT2D eigenvalue weighted by Gasteiger charge is -2.23. The molecule has 20 heavy (non-hydrogen) atoms. The van der Waals surface area contributed by atoms with Crippen LogP contribution in [0.15, 0.2) is 0 Å². The van der Waals surface area contributed by atoms with Crippen molar-refractivity contribution in [2.24, 2.45) is 5.92 Å². The van der Waals surface area contributed by atoms with E-state index in [4.69, 9.17) is 0 Å². The van der Waals surface area contributed by atoms with Crippen LogP contribution in [0.4, 0.5) is 5.13 Å². The van der Waals surface area contributed by atoms with E-state index in [9.17, 15) is 4.79 Å². The molecule has 3 rings (SSSR count). The molecule has 1 aromatic heterocycles. The summed E-state index contributed by atoms with van der Waals surface area (Å²) >= 11 is 1.64. The van der Waals surface area contributed by atoms with E-state index in [1.165, 1.54) is 10.6 Å². The Balaban J connectivity index is 1.63. The summed E-state index contributed by atoms with van der Waals surface area (Å²) in [5.74, 6) is 0.215. The third-order valence-electron chi connectivity index (χ3n) is 4.16. The van der Waals surface area contributed by atoms with E-state index in [1.54, 1.807) is 11.3 Å². The molecule has 1 aromatic rings. The third-order valence-corrected chi connectivity index (χ3v) is 5.15. The number of carbonyl (C=O) groups is 1. The first-order valence-electron chi connectivity index (χ1n) is 7.48. The molecule has 3 heterocycles. The fourth-order valence-corrected chi connectivity index (χ4v) is 3.91. The second kappa shape index (κ2) is 6.20. The minimum atomic E-state index is 0.0943. The van der Waals surface area contributed by atoms with Crippen molar-refractivity contribution in [2.75, 3.05) is 31.5 Å². The van der Waals surface area contributed by atoms with E-state index in [0.717, 1.165) is 57.1 Å². The molecule has 0 radical (unpaired) electrons. The number of carbonyl (C=O) groups excluding carboxylic acids is 1. The van der Waals surface area contributed by atoms with Gasteiger partial charge in [-0.15, -0.1) is 11.3 Å². The summed E-state index contributed by atoms with van der Waals surface area (Å²) in [5.41, 5.74) is 1.18. The Morgan fingerprint density at radius 3 is 3.25 bits per heavy atom. The molecule has 1 amide bonds. The van der Waals surface area contributed by atoms with Crippen LogP contribution in [-0.4, -0.2) is 42.0 Å². The molecular weight excluding hydrogens is 272 g/mol. The van der Waals surface area contributed by atoms with Gasteiger partial charge >= 0.3 is 0 Å². The molecule has 2 aliphatic heterocycles. The standard InChI is InChI=1S/C14H22N4OS/c1-2-18-7-5-11-12(9-18)20-14(16-11)17-13(19)10-4-3-6-15-8-10/h10,15H,2-9H2,1H3,(H,16,17,19). The number of amides is 1. The lowest BCUT2D eigenvalue weighted by molar-refractivity contribution is -0.120. The quantitative estimate of drug-likeness (QED) is 0.886. The maximum atomic E-state index is 12.2. The molecule has 1 atom stereocenters. The summed E-state index contributed by atoms with van der Waals surface area (Å²) in [6, 6.07) is 0. The first kappa shape index (κ1) is 14.0. The summed E-state index contributed by atoms with van der Waals surface area (Å²) < 4.78 is 0. The summed E-state index contributed by atoms with van der Waals surface area (Å²) in [4.78, 5) is 20.5. The number of thiazole rings is 1. The fourth-order valence-electron chi connectivity index (χ4n) is 2.85. The Morgan fingerprint density at radius 1 is 1.60 bits per heavy atom. The molecule has 110 valence electrons. The Hall–Kier alpha value is -0.980. The highest BCUT2D eigenvalue weighted by Gasteiger charge is 2.24. The summed E-state index contributed by atoms with van der Waals surface area (Å²) in [7, 11) is 0. The number of nitrogens with zero attached hydrogens (tertiary/aromatic N) is 2. The fraction of sp³-hybridized carbons (Fsp3) is 0.714. The van der Waals surface area contributed by atoms with Crippen molar-refractivity contribution in [3.8, 4) is 0 Å². The van der Waals surface area contributed by atoms with Crippen molar-refractivity contribution in [2.45, 2.75) is 32.7 Å². The van der Waals surface area contributed by atoms with E-state index in [-0.39, 0.29) is 11.8 Å². The van der Waals surface area contributed by atoms with Crippen molar-refractivity contribution in [1.29, 1.82) is 0 Å². The number of likely N-dealkylation sites (N-methyl/N-ethyl adjacent to an activating group) is 1. The van der Waals surface area contributed by atoms with Crippen LogP contribution in [-0.2, 0) is 17.8 Å². The summed E-state index contributed by atoms with van der Waals surface area (Å²) in [6.45, 7) is 7.14. The molecule has 2 N–H and O–H groups in total. The van der Waals surface area contributed by atoms with Crippen LogP contribution in [0.2, 0.25) is 0 Å². The van der Waals surface area contributed by atoms with Gasteiger partial charge in [-0.05, 0) is 25.9 Å². The highest BCUT2D eigenvalue weighted by atomic mass is 32.1. The number of hydrogen-bond acceptors (Lipinski definition) is 5. The zero-order chi connectivity index (χ0) is 13.9. The maximum Gasteiger partial charge on any atom is 0.230 e. The Bertz CT molecular complexity index is 482. The van der Waals surface area contributed by atoms with Crippen LogP contribution in [0.25, 0.3) is 0 Å². The zero-order valence-electron chi connectivity index (χ0n) is 11.9. The SMILES string of the molecule is CCN1CCc2nc(NC(=O)C3CCCNC3)sc2C1. The van der Waals surface area contributed by atoms with Crippen LogP contribution in [0, 0.1) is 5.92 Å². The molecule has 0 aliphatic carbocycles. The topological polar surface area (TPSA) is 57.3 Å². The lowest BCUT2D eigenvalue weighted by Crippen LogP contribution is -2.37. The van der Waals surface area contributed by atoms with Gasteiger partial charge in [0.1, 0.15) is 0 Å². The molecular formula is C14H22N4OS. The number of nitrogens with one attached hydrogen (secondary N) is 2. The Morgan fingerprint density at radius 2 is 2.50 bits per heavy atom. The molecule has 0 bridgehead atoms. The molecule has 1 unspecified atom stereocenters. The molecule has 0 spiro atoms. The van der Waals surface area contributed by atoms with Gasteiger partial charge in [0, 0.05) is 30.9 Å². The summed E-state index contributed by atoms with van der Waals surface area (Å²) in [6.07, 6.45) is 3.06. The highest BCUT2D eigenvalue weighted by molar-refractivity contribution is 7.15. The van der Waals surface area contributed by atoms with Crippen LogP contribution in [0.1, 0.15) is 30.3 Å². The van der Waals surface area contributed by atoms with Crippen LogP contribution >= 0.6 is 11.3 Å². The minimum absolute atomic E-state index is 0.0943. The van der Waals surface area contributed by atoms with E-state index < -0.39 is 0 Å². The predicted molar refractivity (Wildman–Crippen MR) is 81.0 cm³/mol. The highest BCUT2D eigenvalue weighted by Crippen LogP contribution is 2.28. The van der Waals surface area contributed by atoms with Crippen molar-refractivity contribution in [3.63, 3.8) is 0 Å². The largest absolute Gasteiger partial charge is 0.316 e. The second-order valence-corrected chi connectivity index (χ2v) is 6.62. The van der Waals surface area contributed by atoms with Crippen molar-refractivity contribution in [3.05, 3.63) is 10.6 Å². The molecule has 1 saturated heterocycles. The van der Waals surface area contributed by atoms with Crippen LogP contribution in [0.3, 0.4) is 0 Å². The average molecular weight is 294 g/mol. The molecule has 2 aliphatic rings. The van der Waals surface area contributed by atoms with Gasteiger partial charge < -0.3 is 10.6 Å². The zero-order valence-corrected chi connectivity index (χ0v) is 12.8. The number of piperidine rings is 1. The van der Waals surface area contributed by atoms with Gasteiger partial charge in [-0.1, -0.05) is 6.92 Å². The molecule has 0 saturated carbocycles. The number of rotatable bonds is 3. The van der Waals surface area contributed by atoms with E-state index in [1.807, 2.05) is 0 Å². The minimum Gasteiger partial charge on any atom is -0.316 e. The molecule has 1 fully saturated rings.